The molecule has 1 aliphatic rings. The highest BCUT2D eigenvalue weighted by Gasteiger charge is 2.47. The minimum atomic E-state index is -0.145. The van der Waals surface area contributed by atoms with Crippen LogP contribution < -0.4 is 20.5 Å². The molecule has 0 aliphatic carbocycles. The third-order valence-electron chi connectivity index (χ3n) is 9.53. The van der Waals surface area contributed by atoms with Gasteiger partial charge >= 0.3 is 0 Å². The molecule has 0 saturated carbocycles. The van der Waals surface area contributed by atoms with E-state index in [0.29, 0.717) is 18.3 Å². The van der Waals surface area contributed by atoms with Gasteiger partial charge in [0.05, 0.1) is 28.3 Å². The minimum absolute atomic E-state index is 0.0139. The predicted molar refractivity (Wildman–Crippen MR) is 188 cm³/mol. The fourth-order valence-electron chi connectivity index (χ4n) is 6.66. The number of nitrogens with zero attached hydrogens (tertiary/aromatic N) is 5. The van der Waals surface area contributed by atoms with E-state index < -0.39 is 0 Å². The molecule has 1 fully saturated rings. The van der Waals surface area contributed by atoms with Gasteiger partial charge in [-0.15, -0.1) is 0 Å². The number of benzene rings is 3. The number of nitrogens with two attached hydrogens (primary N) is 1. The Labute approximate surface area is 273 Å². The molecule has 244 valence electrons. The molecule has 2 aromatic heterocycles. The Morgan fingerprint density at radius 3 is 2.54 bits per heavy atom. The molecule has 0 bridgehead atoms. The number of rotatable bonds is 9. The van der Waals surface area contributed by atoms with Crippen molar-refractivity contribution in [2.45, 2.75) is 60.5 Å². The third kappa shape index (κ3) is 6.39. The SMILES string of the molecule is CC.CCC(C)C1(CN)CN(C)CCC1Oc1c(C)ccc2ncnc(Nc3ccc(Oc4ccc5c(c4)ncn5C)c(C)c3)c12. The quantitative estimate of drug-likeness (QED) is 0.172. The highest BCUT2D eigenvalue weighted by atomic mass is 16.5. The van der Waals surface area contributed by atoms with Gasteiger partial charge in [-0.3, -0.25) is 0 Å². The number of hydrogen-bond donors (Lipinski definition) is 2. The van der Waals surface area contributed by atoms with Crippen molar-refractivity contribution in [2.24, 2.45) is 24.1 Å². The van der Waals surface area contributed by atoms with Crippen LogP contribution >= 0.6 is 0 Å². The molecular weight excluding hydrogens is 574 g/mol. The Balaban J connectivity index is 0.00000204. The number of aromatic nitrogens is 4. The lowest BCUT2D eigenvalue weighted by Crippen LogP contribution is -2.59. The zero-order chi connectivity index (χ0) is 33.0. The molecule has 0 spiro atoms. The maximum absolute atomic E-state index is 7.04. The number of nitrogens with one attached hydrogen (secondary N) is 1. The molecule has 0 amide bonds. The third-order valence-corrected chi connectivity index (χ3v) is 9.53. The van der Waals surface area contributed by atoms with Crippen LogP contribution in [-0.4, -0.2) is 57.2 Å². The van der Waals surface area contributed by atoms with Crippen LogP contribution in [0.5, 0.6) is 17.2 Å². The summed E-state index contributed by atoms with van der Waals surface area (Å²) in [5, 5.41) is 4.43. The molecule has 3 unspecified atom stereocenters. The van der Waals surface area contributed by atoms with Crippen molar-refractivity contribution in [1.29, 1.82) is 0 Å². The summed E-state index contributed by atoms with van der Waals surface area (Å²) >= 11 is 0. The van der Waals surface area contributed by atoms with Gasteiger partial charge in [-0.2, -0.15) is 0 Å². The van der Waals surface area contributed by atoms with Crippen LogP contribution in [0.4, 0.5) is 11.5 Å². The normalized spacial score (nSPS) is 19.0. The van der Waals surface area contributed by atoms with Gasteiger partial charge < -0.3 is 30.0 Å². The van der Waals surface area contributed by atoms with E-state index in [0.717, 1.165) is 81.9 Å². The summed E-state index contributed by atoms with van der Waals surface area (Å²) in [5.41, 5.74) is 12.1. The van der Waals surface area contributed by atoms with Crippen molar-refractivity contribution >= 4 is 33.4 Å². The molecule has 3 heterocycles. The van der Waals surface area contributed by atoms with Gasteiger partial charge in [0.2, 0.25) is 0 Å². The Kier molecular flexibility index (Phi) is 10.1. The van der Waals surface area contributed by atoms with E-state index in [9.17, 15) is 0 Å². The molecule has 6 rings (SSSR count). The first-order valence-corrected chi connectivity index (χ1v) is 16.5. The maximum Gasteiger partial charge on any atom is 0.145 e. The van der Waals surface area contributed by atoms with Gasteiger partial charge in [-0.1, -0.05) is 40.2 Å². The lowest BCUT2D eigenvalue weighted by Gasteiger charge is -2.50. The molecule has 46 heavy (non-hydrogen) atoms. The number of likely N-dealkylation sites (tertiary alicyclic amines) is 1. The topological polar surface area (TPSA) is 103 Å². The van der Waals surface area contributed by atoms with E-state index in [4.69, 9.17) is 20.2 Å². The first-order chi connectivity index (χ1) is 22.2. The van der Waals surface area contributed by atoms with Crippen LogP contribution in [-0.2, 0) is 7.05 Å². The Morgan fingerprint density at radius 2 is 1.80 bits per heavy atom. The molecule has 3 aromatic carbocycles. The van der Waals surface area contributed by atoms with Gasteiger partial charge in [-0.25, -0.2) is 15.0 Å². The second-order valence-electron chi connectivity index (χ2n) is 12.4. The molecule has 5 aromatic rings. The number of hydrogen-bond acceptors (Lipinski definition) is 8. The molecule has 1 saturated heterocycles. The first-order valence-electron chi connectivity index (χ1n) is 16.5. The number of imidazole rings is 1. The van der Waals surface area contributed by atoms with E-state index in [1.165, 1.54) is 0 Å². The monoisotopic (exact) mass is 623 g/mol. The predicted octanol–water partition coefficient (Wildman–Crippen LogP) is 7.77. The van der Waals surface area contributed by atoms with Crippen molar-refractivity contribution in [3.8, 4) is 17.2 Å². The molecule has 0 radical (unpaired) electrons. The molecule has 1 aliphatic heterocycles. The molecule has 3 atom stereocenters. The van der Waals surface area contributed by atoms with Crippen molar-refractivity contribution in [1.82, 2.24) is 24.4 Å². The van der Waals surface area contributed by atoms with Crippen LogP contribution in [0, 0.1) is 25.2 Å². The fourth-order valence-corrected chi connectivity index (χ4v) is 6.66. The van der Waals surface area contributed by atoms with Crippen LogP contribution in [0.25, 0.3) is 21.9 Å². The molecule has 9 heteroatoms. The second kappa shape index (κ2) is 14.1. The van der Waals surface area contributed by atoms with Crippen LogP contribution in [0.15, 0.2) is 61.2 Å². The van der Waals surface area contributed by atoms with E-state index >= 15 is 0 Å². The lowest BCUT2D eigenvalue weighted by molar-refractivity contribution is -0.0518. The summed E-state index contributed by atoms with van der Waals surface area (Å²) in [6, 6.07) is 16.1. The van der Waals surface area contributed by atoms with E-state index in [1.54, 1.807) is 6.33 Å². The standard InChI is InChI=1S/C35H43N7O2.C2H6/c1-7-24(4)35(18-36)19-41(5)15-14-31(35)44-33-22(2)8-11-27-32(33)34(38-20-37-27)40-25-9-13-30(23(3)16-25)43-26-10-12-29-28(17-26)39-21-42(29)6;1-2/h8-13,16-17,20-21,24,31H,7,14-15,18-19,36H2,1-6H3,(H,37,38,40);1-2H3. The van der Waals surface area contributed by atoms with Crippen molar-refractivity contribution in [3.63, 3.8) is 0 Å². The van der Waals surface area contributed by atoms with Gasteiger partial charge in [0.15, 0.2) is 0 Å². The summed E-state index contributed by atoms with van der Waals surface area (Å²) in [5.74, 6) is 3.47. The number of ether oxygens (including phenoxy) is 2. The van der Waals surface area contributed by atoms with Crippen molar-refractivity contribution in [3.05, 3.63) is 72.3 Å². The van der Waals surface area contributed by atoms with Crippen LogP contribution in [0.2, 0.25) is 0 Å². The molecule has 9 nitrogen and oxygen atoms in total. The average molecular weight is 624 g/mol. The summed E-state index contributed by atoms with van der Waals surface area (Å²) in [6.45, 7) is 15.1. The van der Waals surface area contributed by atoms with Crippen molar-refractivity contribution in [2.75, 3.05) is 32.0 Å². The Hall–Kier alpha value is -4.21. The van der Waals surface area contributed by atoms with Gasteiger partial charge in [0.1, 0.15) is 35.5 Å². The smallest absolute Gasteiger partial charge is 0.145 e. The maximum atomic E-state index is 7.04. The summed E-state index contributed by atoms with van der Waals surface area (Å²) in [4.78, 5) is 16.1. The number of fused-ring (bicyclic) bond motifs is 2. The van der Waals surface area contributed by atoms with E-state index in [2.05, 4.69) is 60.1 Å². The van der Waals surface area contributed by atoms with E-state index in [-0.39, 0.29) is 11.5 Å². The Bertz CT molecular complexity index is 1800. The highest BCUT2D eigenvalue weighted by molar-refractivity contribution is 5.96. The number of piperidine rings is 1. The van der Waals surface area contributed by atoms with Crippen LogP contribution in [0.1, 0.15) is 51.7 Å². The summed E-state index contributed by atoms with van der Waals surface area (Å²) < 4.78 is 15.3. The minimum Gasteiger partial charge on any atom is -0.489 e. The van der Waals surface area contributed by atoms with E-state index in [1.807, 2.05) is 75.1 Å². The second-order valence-corrected chi connectivity index (χ2v) is 12.4. The summed E-state index contributed by atoms with van der Waals surface area (Å²) in [6.07, 6.45) is 5.36. The largest absolute Gasteiger partial charge is 0.489 e. The summed E-state index contributed by atoms with van der Waals surface area (Å²) in [7, 11) is 4.16. The molecular formula is C37H49N7O2. The number of aryl methyl sites for hydroxylation is 3. The molecule has 3 N–H and O–H groups in total. The fraction of sp³-hybridized carbons (Fsp3) is 0.432. The van der Waals surface area contributed by atoms with Crippen molar-refractivity contribution < 1.29 is 9.47 Å². The first kappa shape index (κ1) is 33.2. The van der Waals surface area contributed by atoms with Gasteiger partial charge in [0.25, 0.3) is 0 Å². The lowest BCUT2D eigenvalue weighted by atomic mass is 9.67. The number of anilines is 2. The van der Waals surface area contributed by atoms with Gasteiger partial charge in [-0.05, 0) is 80.8 Å². The Morgan fingerprint density at radius 1 is 1.00 bits per heavy atom. The van der Waals surface area contributed by atoms with Gasteiger partial charge in [0, 0.05) is 43.9 Å². The highest BCUT2D eigenvalue weighted by Crippen LogP contribution is 2.43. The average Bonchev–Trinajstić information content (AvgIpc) is 3.44. The zero-order valence-electron chi connectivity index (χ0n) is 28.6. The zero-order valence-corrected chi connectivity index (χ0v) is 28.6. The van der Waals surface area contributed by atoms with Crippen LogP contribution in [0.3, 0.4) is 0 Å².